The van der Waals surface area contributed by atoms with E-state index in [9.17, 15) is 9.50 Å². The average Bonchev–Trinajstić information content (AvgIpc) is 2.47. The van der Waals surface area contributed by atoms with Crippen molar-refractivity contribution in [2.75, 3.05) is 13.7 Å². The third-order valence-electron chi connectivity index (χ3n) is 4.05. The highest BCUT2D eigenvalue weighted by molar-refractivity contribution is 5.41. The predicted octanol–water partition coefficient (Wildman–Crippen LogP) is 1.90. The van der Waals surface area contributed by atoms with Gasteiger partial charge >= 0.3 is 0 Å². The van der Waals surface area contributed by atoms with Crippen molar-refractivity contribution in [1.29, 1.82) is 0 Å². The van der Waals surface area contributed by atoms with Crippen molar-refractivity contribution in [3.8, 4) is 11.8 Å². The molecule has 2 N–H and O–H groups in total. The SMILES string of the molecule is CN(Cc1ccc(F)cc1C#CCO)C1CCCCC1O. The first-order valence-corrected chi connectivity index (χ1v) is 7.38. The van der Waals surface area contributed by atoms with Crippen LogP contribution in [-0.2, 0) is 6.54 Å². The fraction of sp³-hybridized carbons (Fsp3) is 0.529. The summed E-state index contributed by atoms with van der Waals surface area (Å²) in [6.07, 6.45) is 3.74. The Hall–Kier alpha value is -1.41. The number of aliphatic hydroxyl groups is 2. The van der Waals surface area contributed by atoms with Crippen molar-refractivity contribution in [2.45, 2.75) is 44.4 Å². The van der Waals surface area contributed by atoms with Gasteiger partial charge in [-0.1, -0.05) is 30.7 Å². The predicted molar refractivity (Wildman–Crippen MR) is 80.1 cm³/mol. The van der Waals surface area contributed by atoms with Gasteiger partial charge < -0.3 is 10.2 Å². The summed E-state index contributed by atoms with van der Waals surface area (Å²) in [7, 11) is 1.98. The van der Waals surface area contributed by atoms with Crippen LogP contribution in [0.3, 0.4) is 0 Å². The first kappa shape index (κ1) is 16.0. The summed E-state index contributed by atoms with van der Waals surface area (Å²) >= 11 is 0. The minimum absolute atomic E-state index is 0.141. The van der Waals surface area contributed by atoms with E-state index < -0.39 is 0 Å². The lowest BCUT2D eigenvalue weighted by atomic mass is 9.91. The monoisotopic (exact) mass is 291 g/mol. The molecule has 0 aromatic heterocycles. The van der Waals surface area contributed by atoms with Crippen LogP contribution in [-0.4, -0.2) is 40.9 Å². The highest BCUT2D eigenvalue weighted by Crippen LogP contribution is 2.24. The number of benzene rings is 1. The number of nitrogens with zero attached hydrogens (tertiary/aromatic N) is 1. The fourth-order valence-corrected chi connectivity index (χ4v) is 2.93. The molecule has 21 heavy (non-hydrogen) atoms. The Morgan fingerprint density at radius 1 is 1.33 bits per heavy atom. The van der Waals surface area contributed by atoms with Gasteiger partial charge in [0, 0.05) is 18.2 Å². The molecule has 1 aromatic carbocycles. The topological polar surface area (TPSA) is 43.7 Å². The molecule has 0 radical (unpaired) electrons. The molecule has 3 nitrogen and oxygen atoms in total. The molecule has 0 bridgehead atoms. The van der Waals surface area contributed by atoms with Gasteiger partial charge in [-0.15, -0.1) is 0 Å². The van der Waals surface area contributed by atoms with Gasteiger partial charge in [-0.3, -0.25) is 4.90 Å². The second-order valence-electron chi connectivity index (χ2n) is 5.60. The molecule has 0 amide bonds. The molecule has 4 heteroatoms. The van der Waals surface area contributed by atoms with Crippen LogP contribution in [0.5, 0.6) is 0 Å². The highest BCUT2D eigenvalue weighted by Gasteiger charge is 2.26. The molecule has 0 spiro atoms. The summed E-state index contributed by atoms with van der Waals surface area (Å²) < 4.78 is 13.3. The summed E-state index contributed by atoms with van der Waals surface area (Å²) in [6.45, 7) is 0.366. The zero-order valence-corrected chi connectivity index (χ0v) is 12.3. The molecule has 2 atom stereocenters. The molecule has 0 saturated heterocycles. The van der Waals surface area contributed by atoms with E-state index in [1.165, 1.54) is 12.1 Å². The van der Waals surface area contributed by atoms with E-state index in [4.69, 9.17) is 5.11 Å². The first-order valence-electron chi connectivity index (χ1n) is 7.38. The molecule has 1 aliphatic carbocycles. The van der Waals surface area contributed by atoms with Crippen LogP contribution >= 0.6 is 0 Å². The molecule has 0 heterocycles. The summed E-state index contributed by atoms with van der Waals surface area (Å²) in [5.74, 6) is 5.03. The van der Waals surface area contributed by atoms with E-state index in [2.05, 4.69) is 16.7 Å². The van der Waals surface area contributed by atoms with Crippen molar-refractivity contribution in [3.63, 3.8) is 0 Å². The Labute approximate surface area is 125 Å². The van der Waals surface area contributed by atoms with E-state index in [-0.39, 0.29) is 24.6 Å². The smallest absolute Gasteiger partial charge is 0.124 e. The van der Waals surface area contributed by atoms with Gasteiger partial charge in [0.25, 0.3) is 0 Å². The van der Waals surface area contributed by atoms with Gasteiger partial charge in [-0.25, -0.2) is 4.39 Å². The van der Waals surface area contributed by atoms with Gasteiger partial charge in [-0.05, 0) is 37.6 Å². The Morgan fingerprint density at radius 3 is 2.81 bits per heavy atom. The van der Waals surface area contributed by atoms with Crippen LogP contribution in [0.4, 0.5) is 4.39 Å². The normalized spacial score (nSPS) is 22.0. The summed E-state index contributed by atoms with van der Waals surface area (Å²) in [5.41, 5.74) is 1.51. The molecular weight excluding hydrogens is 269 g/mol. The van der Waals surface area contributed by atoms with Crippen molar-refractivity contribution in [2.24, 2.45) is 0 Å². The Morgan fingerprint density at radius 2 is 2.10 bits per heavy atom. The van der Waals surface area contributed by atoms with E-state index in [0.29, 0.717) is 12.1 Å². The quantitative estimate of drug-likeness (QED) is 0.836. The van der Waals surface area contributed by atoms with Gasteiger partial charge in [0.15, 0.2) is 0 Å². The van der Waals surface area contributed by atoms with E-state index in [1.807, 2.05) is 7.05 Å². The fourth-order valence-electron chi connectivity index (χ4n) is 2.93. The average molecular weight is 291 g/mol. The van der Waals surface area contributed by atoms with E-state index in [1.54, 1.807) is 6.07 Å². The zero-order chi connectivity index (χ0) is 15.2. The molecular formula is C17H22FNO2. The molecule has 2 rings (SSSR count). The number of aliphatic hydroxyl groups excluding tert-OH is 2. The number of likely N-dealkylation sites (N-methyl/N-ethyl adjacent to an activating group) is 1. The molecule has 1 saturated carbocycles. The molecule has 114 valence electrons. The second kappa shape index (κ2) is 7.56. The van der Waals surface area contributed by atoms with Crippen LogP contribution in [0.15, 0.2) is 18.2 Å². The summed E-state index contributed by atoms with van der Waals surface area (Å²) in [4.78, 5) is 2.11. The van der Waals surface area contributed by atoms with Gasteiger partial charge in [0.05, 0.1) is 6.10 Å². The minimum atomic E-state index is -0.332. The van der Waals surface area contributed by atoms with Crippen LogP contribution in [0.2, 0.25) is 0 Å². The maximum absolute atomic E-state index is 13.3. The Kier molecular flexibility index (Phi) is 5.75. The van der Waals surface area contributed by atoms with Crippen LogP contribution in [0, 0.1) is 17.7 Å². The maximum Gasteiger partial charge on any atom is 0.124 e. The van der Waals surface area contributed by atoms with Crippen molar-refractivity contribution in [1.82, 2.24) is 4.90 Å². The first-order chi connectivity index (χ1) is 10.1. The second-order valence-corrected chi connectivity index (χ2v) is 5.60. The van der Waals surface area contributed by atoms with Gasteiger partial charge in [0.1, 0.15) is 12.4 Å². The van der Waals surface area contributed by atoms with Crippen LogP contribution in [0.1, 0.15) is 36.8 Å². The summed E-state index contributed by atoms with van der Waals surface area (Å²) in [6, 6.07) is 4.68. The van der Waals surface area contributed by atoms with E-state index >= 15 is 0 Å². The molecule has 1 aliphatic rings. The number of hydrogen-bond donors (Lipinski definition) is 2. The van der Waals surface area contributed by atoms with Crippen molar-refractivity contribution in [3.05, 3.63) is 35.1 Å². The third kappa shape index (κ3) is 4.28. The molecule has 2 unspecified atom stereocenters. The zero-order valence-electron chi connectivity index (χ0n) is 12.3. The van der Waals surface area contributed by atoms with Gasteiger partial charge in [-0.2, -0.15) is 0 Å². The number of hydrogen-bond acceptors (Lipinski definition) is 3. The highest BCUT2D eigenvalue weighted by atomic mass is 19.1. The Bertz CT molecular complexity index is 535. The number of halogens is 1. The minimum Gasteiger partial charge on any atom is -0.391 e. The van der Waals surface area contributed by atoms with Crippen LogP contribution in [0.25, 0.3) is 0 Å². The maximum atomic E-state index is 13.3. The van der Waals surface area contributed by atoms with Gasteiger partial charge in [0.2, 0.25) is 0 Å². The largest absolute Gasteiger partial charge is 0.391 e. The lowest BCUT2D eigenvalue weighted by Crippen LogP contribution is -2.42. The summed E-state index contributed by atoms with van der Waals surface area (Å²) in [5, 5.41) is 18.9. The van der Waals surface area contributed by atoms with Crippen molar-refractivity contribution < 1.29 is 14.6 Å². The van der Waals surface area contributed by atoms with Crippen molar-refractivity contribution >= 4 is 0 Å². The van der Waals surface area contributed by atoms with E-state index in [0.717, 1.165) is 31.2 Å². The third-order valence-corrected chi connectivity index (χ3v) is 4.05. The Balaban J connectivity index is 2.14. The standard InChI is InChI=1S/C17H22FNO2/c1-19(16-6-2-3-7-17(16)21)12-14-8-9-15(18)11-13(14)5-4-10-20/h8-9,11,16-17,20-21H,2-3,6-7,10,12H2,1H3. The number of rotatable bonds is 3. The van der Waals surface area contributed by atoms with Crippen LogP contribution < -0.4 is 0 Å². The molecule has 1 aromatic rings. The lowest BCUT2D eigenvalue weighted by molar-refractivity contribution is 0.0288. The molecule has 0 aliphatic heterocycles. The lowest BCUT2D eigenvalue weighted by Gasteiger charge is -2.35. The molecule has 1 fully saturated rings.